The molecule has 0 aliphatic heterocycles. The minimum atomic E-state index is 0.351. The first-order chi connectivity index (χ1) is 13.3. The highest BCUT2D eigenvalue weighted by molar-refractivity contribution is 8.00. The molecule has 1 aromatic carbocycles. The van der Waals surface area contributed by atoms with Crippen molar-refractivity contribution < 1.29 is 4.74 Å². The van der Waals surface area contributed by atoms with Crippen molar-refractivity contribution in [3.63, 3.8) is 0 Å². The van der Waals surface area contributed by atoms with Gasteiger partial charge in [-0.05, 0) is 81.3 Å². The topological polar surface area (TPSA) is 37.9 Å². The molecule has 2 aliphatic rings. The molecule has 4 heteroatoms. The lowest BCUT2D eigenvalue weighted by Crippen LogP contribution is -2.19. The van der Waals surface area contributed by atoms with Gasteiger partial charge in [-0.2, -0.15) is 0 Å². The number of aromatic amines is 1. The number of aromatic nitrogens is 2. The van der Waals surface area contributed by atoms with Gasteiger partial charge in [0.2, 0.25) is 0 Å². The molecule has 0 spiro atoms. The first kappa shape index (κ1) is 17.2. The molecule has 2 saturated carbocycles. The first-order valence-electron chi connectivity index (χ1n) is 10.2. The Morgan fingerprint density at radius 3 is 2.67 bits per heavy atom. The fourth-order valence-electron chi connectivity index (χ4n) is 4.03. The molecule has 0 unspecified atom stereocenters. The second kappa shape index (κ2) is 7.23. The third-order valence-corrected chi connectivity index (χ3v) is 6.90. The zero-order valence-corrected chi connectivity index (χ0v) is 16.6. The Morgan fingerprint density at radius 2 is 1.85 bits per heavy atom. The largest absolute Gasteiger partial charge is 0.490 e. The lowest BCUT2D eigenvalue weighted by atomic mass is 9.97. The highest BCUT2D eigenvalue weighted by atomic mass is 32.2. The van der Waals surface area contributed by atoms with Gasteiger partial charge in [0.15, 0.2) is 0 Å². The van der Waals surface area contributed by atoms with Crippen LogP contribution in [0.5, 0.6) is 5.75 Å². The molecule has 2 aliphatic carbocycles. The number of rotatable bonds is 5. The zero-order valence-electron chi connectivity index (χ0n) is 15.8. The predicted octanol–water partition coefficient (Wildman–Crippen LogP) is 6.50. The summed E-state index contributed by atoms with van der Waals surface area (Å²) in [6.07, 6.45) is 11.3. The van der Waals surface area contributed by atoms with Gasteiger partial charge in [-0.3, -0.25) is 0 Å². The van der Waals surface area contributed by atoms with Crippen molar-refractivity contribution in [1.82, 2.24) is 9.97 Å². The molecule has 0 radical (unpaired) electrons. The van der Waals surface area contributed by atoms with Crippen LogP contribution in [0.15, 0.2) is 41.4 Å². The average molecular weight is 379 g/mol. The molecule has 5 rings (SSSR count). The number of hydrogen-bond acceptors (Lipinski definition) is 3. The molecule has 3 aromatic rings. The van der Waals surface area contributed by atoms with E-state index in [0.29, 0.717) is 6.10 Å². The quantitative estimate of drug-likeness (QED) is 0.550. The Kier molecular flexibility index (Phi) is 4.60. The van der Waals surface area contributed by atoms with E-state index >= 15 is 0 Å². The Labute approximate surface area is 164 Å². The standard InChI is InChI=1S/C23H26N2OS/c1-15-13-20(19-11-12-24-23(19)25-15)21-14-18(27-17-7-8-17)9-10-22(21)26-16-5-3-2-4-6-16/h9-14,16-17H,2-8H2,1H3,(H,24,25). The molecule has 3 nitrogen and oxygen atoms in total. The van der Waals surface area contributed by atoms with Crippen molar-refractivity contribution in [3.05, 3.63) is 42.2 Å². The zero-order chi connectivity index (χ0) is 18.2. The van der Waals surface area contributed by atoms with Crippen molar-refractivity contribution in [1.29, 1.82) is 0 Å². The van der Waals surface area contributed by atoms with Crippen LogP contribution in [0, 0.1) is 6.92 Å². The highest BCUT2D eigenvalue weighted by Gasteiger charge is 2.24. The van der Waals surface area contributed by atoms with Gasteiger partial charge in [0, 0.05) is 33.0 Å². The molecule has 2 fully saturated rings. The minimum Gasteiger partial charge on any atom is -0.490 e. The van der Waals surface area contributed by atoms with Gasteiger partial charge in [0.25, 0.3) is 0 Å². The second-order valence-corrected chi connectivity index (χ2v) is 9.28. The summed E-state index contributed by atoms with van der Waals surface area (Å²) in [5, 5.41) is 1.97. The maximum absolute atomic E-state index is 6.54. The van der Waals surface area contributed by atoms with Crippen LogP contribution in [-0.2, 0) is 0 Å². The normalized spacial score (nSPS) is 18.1. The fraction of sp³-hybridized carbons (Fsp3) is 0.435. The Balaban J connectivity index is 1.58. The SMILES string of the molecule is Cc1cc(-c2cc(SC3CC3)ccc2OC2CCCCC2)c2cc[nH]c2n1. The molecular formula is C23H26N2OS. The second-order valence-electron chi connectivity index (χ2n) is 7.90. The maximum atomic E-state index is 6.54. The number of aryl methyl sites for hydroxylation is 1. The summed E-state index contributed by atoms with van der Waals surface area (Å²) in [4.78, 5) is 9.27. The van der Waals surface area contributed by atoms with Gasteiger partial charge in [0.1, 0.15) is 11.4 Å². The van der Waals surface area contributed by atoms with E-state index in [0.717, 1.165) is 22.3 Å². The van der Waals surface area contributed by atoms with Crippen LogP contribution in [0.2, 0.25) is 0 Å². The predicted molar refractivity (Wildman–Crippen MR) is 113 cm³/mol. The number of nitrogens with one attached hydrogen (secondary N) is 1. The number of nitrogens with zero attached hydrogens (tertiary/aromatic N) is 1. The molecule has 27 heavy (non-hydrogen) atoms. The molecule has 2 heterocycles. The van der Waals surface area contributed by atoms with Crippen molar-refractivity contribution in [3.8, 4) is 16.9 Å². The van der Waals surface area contributed by atoms with Gasteiger partial charge in [0.05, 0.1) is 6.10 Å². The summed E-state index contributed by atoms with van der Waals surface area (Å²) >= 11 is 2.01. The van der Waals surface area contributed by atoms with E-state index in [1.807, 2.05) is 18.0 Å². The number of benzene rings is 1. The van der Waals surface area contributed by atoms with Crippen LogP contribution < -0.4 is 4.74 Å². The summed E-state index contributed by atoms with van der Waals surface area (Å²) in [6.45, 7) is 2.06. The number of hydrogen-bond donors (Lipinski definition) is 1. The molecule has 0 atom stereocenters. The van der Waals surface area contributed by atoms with E-state index in [9.17, 15) is 0 Å². The van der Waals surface area contributed by atoms with E-state index in [1.54, 1.807) is 0 Å². The molecule has 140 valence electrons. The highest BCUT2D eigenvalue weighted by Crippen LogP contribution is 2.43. The summed E-state index contributed by atoms with van der Waals surface area (Å²) < 4.78 is 6.54. The van der Waals surface area contributed by atoms with Crippen LogP contribution in [0.1, 0.15) is 50.6 Å². The van der Waals surface area contributed by atoms with Gasteiger partial charge in [-0.15, -0.1) is 11.8 Å². The van der Waals surface area contributed by atoms with Crippen molar-refractivity contribution in [2.45, 2.75) is 68.1 Å². The molecular weight excluding hydrogens is 352 g/mol. The monoisotopic (exact) mass is 378 g/mol. The van der Waals surface area contributed by atoms with Crippen molar-refractivity contribution >= 4 is 22.8 Å². The number of thioether (sulfide) groups is 1. The summed E-state index contributed by atoms with van der Waals surface area (Å²) in [5.41, 5.74) is 4.42. The first-order valence-corrected chi connectivity index (χ1v) is 11.1. The molecule has 0 bridgehead atoms. The van der Waals surface area contributed by atoms with Gasteiger partial charge in [-0.25, -0.2) is 4.98 Å². The van der Waals surface area contributed by atoms with Gasteiger partial charge in [-0.1, -0.05) is 6.42 Å². The molecule has 0 saturated heterocycles. The van der Waals surface area contributed by atoms with Gasteiger partial charge >= 0.3 is 0 Å². The number of fused-ring (bicyclic) bond motifs is 1. The average Bonchev–Trinajstić information content (AvgIpc) is 3.37. The molecule has 0 amide bonds. The Bertz CT molecular complexity index is 954. The van der Waals surface area contributed by atoms with Crippen LogP contribution in [0.3, 0.4) is 0 Å². The van der Waals surface area contributed by atoms with Gasteiger partial charge < -0.3 is 9.72 Å². The maximum Gasteiger partial charge on any atom is 0.138 e. The van der Waals surface area contributed by atoms with Crippen LogP contribution in [0.25, 0.3) is 22.2 Å². The van der Waals surface area contributed by atoms with E-state index in [4.69, 9.17) is 4.74 Å². The fourth-order valence-corrected chi connectivity index (χ4v) is 5.11. The van der Waals surface area contributed by atoms with Crippen molar-refractivity contribution in [2.75, 3.05) is 0 Å². The molecule has 1 N–H and O–H groups in total. The lowest BCUT2D eigenvalue weighted by Gasteiger charge is -2.25. The van der Waals surface area contributed by atoms with Crippen LogP contribution in [0.4, 0.5) is 0 Å². The third kappa shape index (κ3) is 3.73. The number of ether oxygens (including phenoxy) is 1. The van der Waals surface area contributed by atoms with E-state index < -0.39 is 0 Å². The Hall–Kier alpha value is -1.94. The number of H-pyrrole nitrogens is 1. The summed E-state index contributed by atoms with van der Waals surface area (Å²) in [5.74, 6) is 1.02. The Morgan fingerprint density at radius 1 is 1.00 bits per heavy atom. The smallest absolute Gasteiger partial charge is 0.138 e. The molecule has 2 aromatic heterocycles. The summed E-state index contributed by atoms with van der Waals surface area (Å²) in [7, 11) is 0. The van der Waals surface area contributed by atoms with E-state index in [1.165, 1.54) is 66.4 Å². The summed E-state index contributed by atoms with van der Waals surface area (Å²) in [6, 6.07) is 11.1. The minimum absolute atomic E-state index is 0.351. The number of pyridine rings is 1. The van der Waals surface area contributed by atoms with Crippen molar-refractivity contribution in [2.24, 2.45) is 0 Å². The van der Waals surface area contributed by atoms with E-state index in [2.05, 4.69) is 47.2 Å². The van der Waals surface area contributed by atoms with Crippen LogP contribution in [-0.4, -0.2) is 21.3 Å². The van der Waals surface area contributed by atoms with E-state index in [-0.39, 0.29) is 0 Å². The lowest BCUT2D eigenvalue weighted by molar-refractivity contribution is 0.155. The third-order valence-electron chi connectivity index (χ3n) is 5.57. The van der Waals surface area contributed by atoms with Crippen LogP contribution >= 0.6 is 11.8 Å².